The summed E-state index contributed by atoms with van der Waals surface area (Å²) in [5.41, 5.74) is 0.700. The molecule has 0 aliphatic heterocycles. The van der Waals surface area contributed by atoms with E-state index in [0.29, 0.717) is 22.4 Å². The second-order valence-electron chi connectivity index (χ2n) is 3.16. The van der Waals surface area contributed by atoms with E-state index in [2.05, 4.69) is 10.2 Å². The van der Waals surface area contributed by atoms with Crippen molar-refractivity contribution in [1.29, 1.82) is 0 Å². The van der Waals surface area contributed by atoms with Gasteiger partial charge in [0.15, 0.2) is 5.78 Å². The monoisotopic (exact) mass is 234 g/mol. The van der Waals surface area contributed by atoms with Crippen LogP contribution in [0.3, 0.4) is 0 Å². The highest BCUT2D eigenvalue weighted by molar-refractivity contribution is 7.99. The van der Waals surface area contributed by atoms with E-state index in [4.69, 9.17) is 4.42 Å². The molecule has 16 heavy (non-hydrogen) atoms. The standard InChI is InChI=1S/C11H10N2O2S/c1-8-12-13-11(15-8)16-7-10(14)9-5-3-2-4-6-9/h2-6H,7H2,1H3. The van der Waals surface area contributed by atoms with Gasteiger partial charge in [-0.05, 0) is 0 Å². The predicted octanol–water partition coefficient (Wildman–Crippen LogP) is 2.35. The first-order valence-electron chi connectivity index (χ1n) is 4.77. The molecule has 2 rings (SSSR count). The Balaban J connectivity index is 1.94. The molecule has 0 aliphatic rings. The molecule has 5 heteroatoms. The van der Waals surface area contributed by atoms with Gasteiger partial charge < -0.3 is 4.42 Å². The van der Waals surface area contributed by atoms with Crippen molar-refractivity contribution in [3.8, 4) is 0 Å². The van der Waals surface area contributed by atoms with Crippen LogP contribution in [-0.2, 0) is 0 Å². The number of carbonyl (C=O) groups excluding carboxylic acids is 1. The Morgan fingerprint density at radius 3 is 2.69 bits per heavy atom. The maximum absolute atomic E-state index is 11.7. The fraction of sp³-hybridized carbons (Fsp3) is 0.182. The molecule has 1 aromatic carbocycles. The molecule has 0 aliphatic carbocycles. The van der Waals surface area contributed by atoms with Crippen molar-refractivity contribution in [2.24, 2.45) is 0 Å². The summed E-state index contributed by atoms with van der Waals surface area (Å²) >= 11 is 1.25. The highest BCUT2D eigenvalue weighted by atomic mass is 32.2. The Morgan fingerprint density at radius 2 is 2.06 bits per heavy atom. The van der Waals surface area contributed by atoms with Gasteiger partial charge in [0.05, 0.1) is 5.75 Å². The quantitative estimate of drug-likeness (QED) is 0.600. The lowest BCUT2D eigenvalue weighted by Gasteiger charge is -1.97. The number of hydrogen-bond donors (Lipinski definition) is 0. The molecule has 0 bridgehead atoms. The van der Waals surface area contributed by atoms with Gasteiger partial charge in [-0.25, -0.2) is 0 Å². The van der Waals surface area contributed by atoms with Gasteiger partial charge in [0.25, 0.3) is 5.22 Å². The summed E-state index contributed by atoms with van der Waals surface area (Å²) in [6.45, 7) is 1.72. The lowest BCUT2D eigenvalue weighted by molar-refractivity contribution is 0.102. The zero-order chi connectivity index (χ0) is 11.4. The maximum atomic E-state index is 11.7. The summed E-state index contributed by atoms with van der Waals surface area (Å²) < 4.78 is 5.16. The lowest BCUT2D eigenvalue weighted by atomic mass is 10.2. The molecular formula is C11H10N2O2S. The van der Waals surface area contributed by atoms with Crippen LogP contribution in [0.5, 0.6) is 0 Å². The highest BCUT2D eigenvalue weighted by Gasteiger charge is 2.09. The number of benzene rings is 1. The number of aryl methyl sites for hydroxylation is 1. The fourth-order valence-electron chi connectivity index (χ4n) is 1.17. The molecule has 2 aromatic rings. The molecule has 0 N–H and O–H groups in total. The Kier molecular flexibility index (Phi) is 3.36. The molecule has 0 fully saturated rings. The third-order valence-corrected chi connectivity index (χ3v) is 2.75. The van der Waals surface area contributed by atoms with Gasteiger partial charge in [0.2, 0.25) is 5.89 Å². The number of thioether (sulfide) groups is 1. The molecule has 0 radical (unpaired) electrons. The van der Waals surface area contributed by atoms with Crippen LogP contribution < -0.4 is 0 Å². The minimum Gasteiger partial charge on any atom is -0.416 e. The zero-order valence-electron chi connectivity index (χ0n) is 8.71. The van der Waals surface area contributed by atoms with Crippen LogP contribution in [0.2, 0.25) is 0 Å². The van der Waals surface area contributed by atoms with Crippen molar-refractivity contribution in [3.05, 3.63) is 41.8 Å². The molecule has 0 saturated carbocycles. The first-order valence-corrected chi connectivity index (χ1v) is 5.75. The number of rotatable bonds is 4. The summed E-state index contributed by atoms with van der Waals surface area (Å²) in [5, 5.41) is 7.93. The summed E-state index contributed by atoms with van der Waals surface area (Å²) in [6, 6.07) is 9.15. The first kappa shape index (κ1) is 10.9. The van der Waals surface area contributed by atoms with E-state index in [0.717, 1.165) is 0 Å². The SMILES string of the molecule is Cc1nnc(SCC(=O)c2ccccc2)o1. The van der Waals surface area contributed by atoms with E-state index in [1.54, 1.807) is 19.1 Å². The highest BCUT2D eigenvalue weighted by Crippen LogP contribution is 2.17. The minimum atomic E-state index is 0.0569. The van der Waals surface area contributed by atoms with E-state index in [9.17, 15) is 4.79 Å². The normalized spacial score (nSPS) is 10.3. The second kappa shape index (κ2) is 4.94. The van der Waals surface area contributed by atoms with Gasteiger partial charge in [-0.2, -0.15) is 0 Å². The number of hydrogen-bond acceptors (Lipinski definition) is 5. The smallest absolute Gasteiger partial charge is 0.277 e. The third kappa shape index (κ3) is 2.70. The lowest BCUT2D eigenvalue weighted by Crippen LogP contribution is -2.01. The van der Waals surface area contributed by atoms with Gasteiger partial charge >= 0.3 is 0 Å². The Bertz CT molecular complexity index is 482. The molecule has 4 nitrogen and oxygen atoms in total. The van der Waals surface area contributed by atoms with E-state index >= 15 is 0 Å². The Hall–Kier alpha value is -1.62. The van der Waals surface area contributed by atoms with Crippen LogP contribution in [0.1, 0.15) is 16.2 Å². The number of ketones is 1. The van der Waals surface area contributed by atoms with Gasteiger partial charge in [-0.1, -0.05) is 42.1 Å². The molecule has 0 spiro atoms. The van der Waals surface area contributed by atoms with Crippen molar-refractivity contribution >= 4 is 17.5 Å². The van der Waals surface area contributed by atoms with Crippen LogP contribution >= 0.6 is 11.8 Å². The first-order chi connectivity index (χ1) is 7.75. The maximum Gasteiger partial charge on any atom is 0.277 e. The van der Waals surface area contributed by atoms with Gasteiger partial charge in [-0.3, -0.25) is 4.79 Å². The second-order valence-corrected chi connectivity index (χ2v) is 4.09. The van der Waals surface area contributed by atoms with Crippen molar-refractivity contribution in [2.75, 3.05) is 5.75 Å². The summed E-state index contributed by atoms with van der Waals surface area (Å²) in [7, 11) is 0. The number of Topliss-reactive ketones (excluding diaryl/α,β-unsaturated/α-hetero) is 1. The molecule has 1 aromatic heterocycles. The molecule has 0 amide bonds. The molecule has 1 heterocycles. The summed E-state index contributed by atoms with van der Waals surface area (Å²) in [5.74, 6) is 0.877. The predicted molar refractivity (Wildman–Crippen MR) is 60.5 cm³/mol. The molecule has 82 valence electrons. The fourth-order valence-corrected chi connectivity index (χ4v) is 1.87. The molecular weight excluding hydrogens is 224 g/mol. The summed E-state index contributed by atoms with van der Waals surface area (Å²) in [6.07, 6.45) is 0. The van der Waals surface area contributed by atoms with Crippen LogP contribution in [0.4, 0.5) is 0 Å². The van der Waals surface area contributed by atoms with E-state index in [-0.39, 0.29) is 5.78 Å². The minimum absolute atomic E-state index is 0.0569. The van der Waals surface area contributed by atoms with Crippen molar-refractivity contribution in [1.82, 2.24) is 10.2 Å². The summed E-state index contributed by atoms with van der Waals surface area (Å²) in [4.78, 5) is 11.7. The van der Waals surface area contributed by atoms with Gasteiger partial charge in [0.1, 0.15) is 0 Å². The van der Waals surface area contributed by atoms with E-state index in [1.165, 1.54) is 11.8 Å². The van der Waals surface area contributed by atoms with Crippen LogP contribution in [0.15, 0.2) is 40.0 Å². The van der Waals surface area contributed by atoms with Gasteiger partial charge in [-0.15, -0.1) is 10.2 Å². The number of aromatic nitrogens is 2. The Labute approximate surface area is 97.1 Å². The van der Waals surface area contributed by atoms with E-state index in [1.807, 2.05) is 18.2 Å². The van der Waals surface area contributed by atoms with Crippen LogP contribution in [0, 0.1) is 6.92 Å². The Morgan fingerprint density at radius 1 is 1.31 bits per heavy atom. The number of nitrogens with zero attached hydrogens (tertiary/aromatic N) is 2. The third-order valence-electron chi connectivity index (χ3n) is 1.93. The average Bonchev–Trinajstić information content (AvgIpc) is 2.73. The average molecular weight is 234 g/mol. The zero-order valence-corrected chi connectivity index (χ0v) is 9.53. The van der Waals surface area contributed by atoms with Crippen molar-refractivity contribution in [2.45, 2.75) is 12.1 Å². The van der Waals surface area contributed by atoms with Crippen LogP contribution in [-0.4, -0.2) is 21.7 Å². The topological polar surface area (TPSA) is 56.0 Å². The van der Waals surface area contributed by atoms with Crippen molar-refractivity contribution in [3.63, 3.8) is 0 Å². The van der Waals surface area contributed by atoms with Gasteiger partial charge in [0, 0.05) is 12.5 Å². The largest absolute Gasteiger partial charge is 0.416 e. The number of carbonyl (C=O) groups is 1. The molecule has 0 saturated heterocycles. The molecule has 0 atom stereocenters. The van der Waals surface area contributed by atoms with E-state index < -0.39 is 0 Å². The molecule has 0 unspecified atom stereocenters. The van der Waals surface area contributed by atoms with Crippen molar-refractivity contribution < 1.29 is 9.21 Å². The van der Waals surface area contributed by atoms with Crippen LogP contribution in [0.25, 0.3) is 0 Å².